The van der Waals surface area contributed by atoms with Crippen LogP contribution in [0.4, 0.5) is 5.69 Å². The first-order valence-electron chi connectivity index (χ1n) is 8.90. The zero-order valence-electron chi connectivity index (χ0n) is 13.2. The van der Waals surface area contributed by atoms with Crippen LogP contribution in [0, 0.1) is 5.92 Å². The molecule has 0 heterocycles. The highest BCUT2D eigenvalue weighted by Gasteiger charge is 2.18. The molecule has 0 bridgehead atoms. The summed E-state index contributed by atoms with van der Waals surface area (Å²) in [5.74, 6) is 1.62. The van der Waals surface area contributed by atoms with Gasteiger partial charge in [-0.15, -0.1) is 0 Å². The van der Waals surface area contributed by atoms with Gasteiger partial charge in [-0.3, -0.25) is 0 Å². The quantitative estimate of drug-likeness (QED) is 0.844. The first-order valence-corrected chi connectivity index (χ1v) is 8.90. The lowest BCUT2D eigenvalue weighted by Gasteiger charge is -2.26. The highest BCUT2D eigenvalue weighted by Crippen LogP contribution is 2.33. The molecule has 3 N–H and O–H groups in total. The minimum atomic E-state index is 0.455. The first kappa shape index (κ1) is 14.9. The Morgan fingerprint density at radius 1 is 0.857 bits per heavy atom. The van der Waals surface area contributed by atoms with E-state index in [0.717, 1.165) is 18.4 Å². The summed E-state index contributed by atoms with van der Waals surface area (Å²) in [5.41, 5.74) is 8.80. The standard InChI is InChI=1S/C19H30N2/c20-18-10-6-15(7-11-18)14-21-19-12-8-17(9-13-19)16-4-2-1-3-5-16/h8-9,12-13,15-16,18,21H,1-7,10-11,14,20H2/t15-,18-. The first-order chi connectivity index (χ1) is 10.3. The normalized spacial score (nSPS) is 27.5. The zero-order chi connectivity index (χ0) is 14.5. The van der Waals surface area contributed by atoms with Gasteiger partial charge in [0.1, 0.15) is 0 Å². The molecule has 0 aliphatic heterocycles. The van der Waals surface area contributed by atoms with Crippen LogP contribution < -0.4 is 11.1 Å². The van der Waals surface area contributed by atoms with E-state index in [0.29, 0.717) is 6.04 Å². The Bertz CT molecular complexity index is 412. The minimum absolute atomic E-state index is 0.455. The third-order valence-electron chi connectivity index (χ3n) is 5.47. The van der Waals surface area contributed by atoms with Crippen LogP contribution in [-0.2, 0) is 0 Å². The van der Waals surface area contributed by atoms with Crippen molar-refractivity contribution in [2.24, 2.45) is 11.7 Å². The number of hydrogen-bond donors (Lipinski definition) is 2. The van der Waals surface area contributed by atoms with Gasteiger partial charge in [-0.05, 0) is 68.1 Å². The maximum absolute atomic E-state index is 5.97. The van der Waals surface area contributed by atoms with Gasteiger partial charge >= 0.3 is 0 Å². The molecule has 0 radical (unpaired) electrons. The van der Waals surface area contributed by atoms with E-state index in [1.807, 2.05) is 0 Å². The zero-order valence-corrected chi connectivity index (χ0v) is 13.2. The SMILES string of the molecule is N[C@H]1CC[C@H](CNc2ccc(C3CCCCC3)cc2)CC1. The molecule has 116 valence electrons. The Kier molecular flexibility index (Phi) is 5.18. The van der Waals surface area contributed by atoms with Crippen molar-refractivity contribution in [3.05, 3.63) is 29.8 Å². The molecule has 2 saturated carbocycles. The third kappa shape index (κ3) is 4.23. The maximum Gasteiger partial charge on any atom is 0.0340 e. The molecule has 0 unspecified atom stereocenters. The lowest BCUT2D eigenvalue weighted by atomic mass is 9.84. The topological polar surface area (TPSA) is 38.0 Å². The van der Waals surface area contributed by atoms with E-state index in [1.165, 1.54) is 63.5 Å². The summed E-state index contributed by atoms with van der Waals surface area (Å²) in [6, 6.07) is 9.69. The highest BCUT2D eigenvalue weighted by molar-refractivity contribution is 5.45. The summed E-state index contributed by atoms with van der Waals surface area (Å²) >= 11 is 0. The largest absolute Gasteiger partial charge is 0.385 e. The van der Waals surface area contributed by atoms with E-state index in [1.54, 1.807) is 5.56 Å². The molecule has 2 aliphatic rings. The number of rotatable bonds is 4. The van der Waals surface area contributed by atoms with Crippen molar-refractivity contribution in [2.45, 2.75) is 69.7 Å². The average molecular weight is 286 g/mol. The second-order valence-corrected chi connectivity index (χ2v) is 7.12. The molecule has 2 nitrogen and oxygen atoms in total. The van der Waals surface area contributed by atoms with Crippen LogP contribution in [0.3, 0.4) is 0 Å². The van der Waals surface area contributed by atoms with Gasteiger partial charge in [0.25, 0.3) is 0 Å². The van der Waals surface area contributed by atoms with E-state index < -0.39 is 0 Å². The summed E-state index contributed by atoms with van der Waals surface area (Å²) in [7, 11) is 0. The summed E-state index contributed by atoms with van der Waals surface area (Å²) in [6.45, 7) is 1.11. The van der Waals surface area contributed by atoms with Crippen molar-refractivity contribution in [3.8, 4) is 0 Å². The molecule has 1 aromatic rings. The molecule has 0 atom stereocenters. The molecule has 2 fully saturated rings. The van der Waals surface area contributed by atoms with Crippen LogP contribution in [0.15, 0.2) is 24.3 Å². The number of nitrogens with one attached hydrogen (secondary N) is 1. The summed E-state index contributed by atoms with van der Waals surface area (Å²) in [6.07, 6.45) is 12.0. The monoisotopic (exact) mass is 286 g/mol. The summed E-state index contributed by atoms with van der Waals surface area (Å²) < 4.78 is 0. The van der Waals surface area contributed by atoms with E-state index in [4.69, 9.17) is 5.73 Å². The van der Waals surface area contributed by atoms with Gasteiger partial charge in [0.05, 0.1) is 0 Å². The van der Waals surface area contributed by atoms with Gasteiger partial charge in [-0.25, -0.2) is 0 Å². The average Bonchev–Trinajstić information content (AvgIpc) is 2.56. The minimum Gasteiger partial charge on any atom is -0.385 e. The lowest BCUT2D eigenvalue weighted by molar-refractivity contribution is 0.339. The second-order valence-electron chi connectivity index (χ2n) is 7.12. The van der Waals surface area contributed by atoms with Crippen molar-refractivity contribution in [2.75, 3.05) is 11.9 Å². The molecule has 2 heteroatoms. The fraction of sp³-hybridized carbons (Fsp3) is 0.684. The number of anilines is 1. The van der Waals surface area contributed by atoms with Crippen LogP contribution in [0.1, 0.15) is 69.3 Å². The number of hydrogen-bond acceptors (Lipinski definition) is 2. The molecule has 0 aromatic heterocycles. The Morgan fingerprint density at radius 2 is 1.52 bits per heavy atom. The summed E-state index contributed by atoms with van der Waals surface area (Å²) in [5, 5.41) is 3.62. The fourth-order valence-electron chi connectivity index (χ4n) is 3.96. The van der Waals surface area contributed by atoms with Crippen molar-refractivity contribution in [1.82, 2.24) is 0 Å². The van der Waals surface area contributed by atoms with Gasteiger partial charge in [-0.1, -0.05) is 31.4 Å². The highest BCUT2D eigenvalue weighted by atomic mass is 14.9. The van der Waals surface area contributed by atoms with E-state index >= 15 is 0 Å². The Morgan fingerprint density at radius 3 is 2.19 bits per heavy atom. The fourth-order valence-corrected chi connectivity index (χ4v) is 3.96. The van der Waals surface area contributed by atoms with Crippen LogP contribution >= 0.6 is 0 Å². The molecule has 3 rings (SSSR count). The maximum atomic E-state index is 5.97. The predicted molar refractivity (Wildman–Crippen MR) is 90.7 cm³/mol. The van der Waals surface area contributed by atoms with E-state index in [-0.39, 0.29) is 0 Å². The molecular weight excluding hydrogens is 256 g/mol. The lowest BCUT2D eigenvalue weighted by Crippen LogP contribution is -2.29. The molecule has 21 heavy (non-hydrogen) atoms. The summed E-state index contributed by atoms with van der Waals surface area (Å²) in [4.78, 5) is 0. The molecule has 2 aliphatic carbocycles. The van der Waals surface area contributed by atoms with Gasteiger partial charge < -0.3 is 11.1 Å². The van der Waals surface area contributed by atoms with Crippen LogP contribution in [0.5, 0.6) is 0 Å². The third-order valence-corrected chi connectivity index (χ3v) is 5.47. The Hall–Kier alpha value is -1.02. The Balaban J connectivity index is 1.48. The van der Waals surface area contributed by atoms with Crippen LogP contribution in [0.25, 0.3) is 0 Å². The van der Waals surface area contributed by atoms with Gasteiger partial charge in [0, 0.05) is 18.3 Å². The predicted octanol–water partition coefficient (Wildman–Crippen LogP) is 4.66. The Labute approximate surface area is 129 Å². The van der Waals surface area contributed by atoms with Gasteiger partial charge in [0.15, 0.2) is 0 Å². The molecule has 0 spiro atoms. The van der Waals surface area contributed by atoms with E-state index in [9.17, 15) is 0 Å². The van der Waals surface area contributed by atoms with Crippen molar-refractivity contribution < 1.29 is 0 Å². The number of benzene rings is 1. The molecule has 0 saturated heterocycles. The van der Waals surface area contributed by atoms with Crippen LogP contribution in [0.2, 0.25) is 0 Å². The van der Waals surface area contributed by atoms with Gasteiger partial charge in [0.2, 0.25) is 0 Å². The van der Waals surface area contributed by atoms with Crippen LogP contribution in [-0.4, -0.2) is 12.6 Å². The molecule has 0 amide bonds. The molecule has 1 aromatic carbocycles. The number of nitrogens with two attached hydrogens (primary N) is 1. The molecular formula is C19H30N2. The van der Waals surface area contributed by atoms with Crippen molar-refractivity contribution in [1.29, 1.82) is 0 Å². The van der Waals surface area contributed by atoms with E-state index in [2.05, 4.69) is 29.6 Å². The smallest absolute Gasteiger partial charge is 0.0340 e. The van der Waals surface area contributed by atoms with Gasteiger partial charge in [-0.2, -0.15) is 0 Å². The van der Waals surface area contributed by atoms with Crippen molar-refractivity contribution >= 4 is 5.69 Å². The second kappa shape index (κ2) is 7.31. The van der Waals surface area contributed by atoms with Crippen molar-refractivity contribution in [3.63, 3.8) is 0 Å².